The van der Waals surface area contributed by atoms with Crippen LogP contribution in [-0.2, 0) is 13.9 Å². The summed E-state index contributed by atoms with van der Waals surface area (Å²) in [7, 11) is 0. The van der Waals surface area contributed by atoms with Gasteiger partial charge in [0.15, 0.2) is 0 Å². The molecule has 3 aromatic carbocycles. The van der Waals surface area contributed by atoms with Gasteiger partial charge in [0, 0.05) is 10.4 Å². The lowest BCUT2D eigenvalue weighted by Gasteiger charge is -2.51. The number of benzene rings is 3. The molecule has 0 aromatic heterocycles. The van der Waals surface area contributed by atoms with E-state index in [-0.39, 0.29) is 17.7 Å². The molecule has 4 aliphatic rings. The molecule has 3 aromatic rings. The van der Waals surface area contributed by atoms with Gasteiger partial charge >= 0.3 is 0 Å². The molecule has 142 valence electrons. The van der Waals surface area contributed by atoms with Crippen LogP contribution in [0.5, 0.6) is 0 Å². The Kier molecular flexibility index (Phi) is 3.58. The van der Waals surface area contributed by atoms with Gasteiger partial charge in [-0.3, -0.25) is 9.59 Å². The molecule has 1 saturated heterocycles. The fourth-order valence-corrected chi connectivity index (χ4v) is 7.21. The van der Waals surface area contributed by atoms with Crippen molar-refractivity contribution in [3.63, 3.8) is 0 Å². The number of hydrogen-bond acceptors (Lipinski definition) is 2. The van der Waals surface area contributed by atoms with Crippen LogP contribution >= 0.6 is 31.9 Å². The van der Waals surface area contributed by atoms with Crippen LogP contribution in [0.1, 0.15) is 28.2 Å². The fraction of sp³-hybridized carbons (Fsp3) is 0.167. The molecule has 1 fully saturated rings. The van der Waals surface area contributed by atoms with E-state index in [0.717, 1.165) is 26.7 Å². The van der Waals surface area contributed by atoms with E-state index in [1.807, 2.05) is 48.5 Å². The largest absolute Gasteiger partial charge is 0.274 e. The van der Waals surface area contributed by atoms with Crippen molar-refractivity contribution in [1.82, 2.24) is 0 Å². The molecule has 0 N–H and O–H groups in total. The topological polar surface area (TPSA) is 37.4 Å². The second-order valence-corrected chi connectivity index (χ2v) is 9.94. The number of alkyl halides is 1. The van der Waals surface area contributed by atoms with Crippen LogP contribution in [0, 0.1) is 11.8 Å². The normalized spacial score (nSPS) is 28.9. The molecule has 3 aliphatic carbocycles. The lowest BCUT2D eigenvalue weighted by atomic mass is 9.55. The number of carbonyl (C=O) groups is 2. The molecular formula is C24H15Br2NO2. The van der Waals surface area contributed by atoms with Gasteiger partial charge < -0.3 is 0 Å². The first-order chi connectivity index (χ1) is 14.0. The van der Waals surface area contributed by atoms with E-state index in [4.69, 9.17) is 0 Å². The first-order valence-corrected chi connectivity index (χ1v) is 11.1. The minimum Gasteiger partial charge on any atom is -0.274 e. The number of hydrogen-bond donors (Lipinski definition) is 0. The summed E-state index contributed by atoms with van der Waals surface area (Å²) >= 11 is 7.53. The van der Waals surface area contributed by atoms with Crippen LogP contribution in [0.3, 0.4) is 0 Å². The molecule has 1 aliphatic heterocycles. The van der Waals surface area contributed by atoms with Crippen molar-refractivity contribution in [1.29, 1.82) is 0 Å². The molecule has 0 spiro atoms. The first-order valence-electron chi connectivity index (χ1n) is 9.55. The average molecular weight is 509 g/mol. The van der Waals surface area contributed by atoms with Gasteiger partial charge in [0.25, 0.3) is 0 Å². The van der Waals surface area contributed by atoms with Crippen molar-refractivity contribution in [2.45, 2.75) is 10.2 Å². The Balaban J connectivity index is 1.64. The SMILES string of the molecule is O=C1[C@@H]2C3c4ccccc4C(Br)(c4ccccc43)[C@H]2C(=O)N1c1ccccc1Br. The smallest absolute Gasteiger partial charge is 0.239 e. The Hall–Kier alpha value is -2.24. The quantitative estimate of drug-likeness (QED) is 0.328. The molecule has 0 radical (unpaired) electrons. The number of amides is 2. The number of rotatable bonds is 1. The third-order valence-corrected chi connectivity index (χ3v) is 8.63. The summed E-state index contributed by atoms with van der Waals surface area (Å²) in [5.74, 6) is -1.27. The molecule has 7 rings (SSSR count). The second kappa shape index (κ2) is 5.89. The molecule has 29 heavy (non-hydrogen) atoms. The molecular weight excluding hydrogens is 494 g/mol. The molecule has 1 heterocycles. The molecule has 2 atom stereocenters. The number of carbonyl (C=O) groups excluding carboxylic acids is 2. The van der Waals surface area contributed by atoms with Gasteiger partial charge in [-0.05, 0) is 50.3 Å². The lowest BCUT2D eigenvalue weighted by Crippen LogP contribution is -2.50. The summed E-state index contributed by atoms with van der Waals surface area (Å²) in [6.45, 7) is 0. The summed E-state index contributed by atoms with van der Waals surface area (Å²) in [5, 5.41) is 0. The maximum absolute atomic E-state index is 13.8. The van der Waals surface area contributed by atoms with Crippen LogP contribution in [0.15, 0.2) is 77.3 Å². The van der Waals surface area contributed by atoms with Crippen LogP contribution in [0.4, 0.5) is 5.69 Å². The van der Waals surface area contributed by atoms with E-state index in [2.05, 4.69) is 56.1 Å². The van der Waals surface area contributed by atoms with Gasteiger partial charge in [-0.15, -0.1) is 0 Å². The first kappa shape index (κ1) is 17.6. The highest BCUT2D eigenvalue weighted by atomic mass is 79.9. The molecule has 5 heteroatoms. The number of imide groups is 1. The van der Waals surface area contributed by atoms with Crippen molar-refractivity contribution >= 4 is 49.4 Å². The van der Waals surface area contributed by atoms with Crippen molar-refractivity contribution in [3.8, 4) is 0 Å². The summed E-state index contributed by atoms with van der Waals surface area (Å²) in [6, 6.07) is 23.8. The predicted octanol–water partition coefficient (Wildman–Crippen LogP) is 5.35. The highest BCUT2D eigenvalue weighted by Crippen LogP contribution is 2.66. The zero-order chi connectivity index (χ0) is 19.9. The van der Waals surface area contributed by atoms with Crippen LogP contribution < -0.4 is 4.90 Å². The van der Waals surface area contributed by atoms with E-state index in [9.17, 15) is 9.59 Å². The highest BCUT2D eigenvalue weighted by molar-refractivity contribution is 9.10. The Labute approximate surface area is 185 Å². The van der Waals surface area contributed by atoms with Crippen LogP contribution in [0.25, 0.3) is 0 Å². The third kappa shape index (κ3) is 2.02. The fourth-order valence-electron chi connectivity index (χ4n) is 5.55. The predicted molar refractivity (Wildman–Crippen MR) is 118 cm³/mol. The molecule has 3 nitrogen and oxygen atoms in total. The van der Waals surface area contributed by atoms with Gasteiger partial charge in [-0.2, -0.15) is 0 Å². The Bertz CT molecular complexity index is 1170. The van der Waals surface area contributed by atoms with Crippen molar-refractivity contribution in [2.24, 2.45) is 11.8 Å². The van der Waals surface area contributed by atoms with E-state index >= 15 is 0 Å². The number of halogens is 2. The summed E-state index contributed by atoms with van der Waals surface area (Å²) in [5.41, 5.74) is 5.08. The molecule has 0 saturated carbocycles. The van der Waals surface area contributed by atoms with Crippen LogP contribution in [-0.4, -0.2) is 11.8 Å². The minimum absolute atomic E-state index is 0.115. The number of para-hydroxylation sites is 1. The Morgan fingerprint density at radius 2 is 1.31 bits per heavy atom. The average Bonchev–Trinajstić information content (AvgIpc) is 3.01. The second-order valence-electron chi connectivity index (χ2n) is 7.83. The standard InChI is InChI=1S/C24H15Br2NO2/c25-17-11-5-6-12-18(17)27-22(28)20-19-13-7-1-3-9-15(13)24(26,21(20)23(27)29)16-10-4-2-8-14(16)19/h1-12,19-21H/t19?,20-,21-,24?/m1/s1. The van der Waals surface area contributed by atoms with Crippen molar-refractivity contribution in [3.05, 3.63) is 99.5 Å². The zero-order valence-electron chi connectivity index (χ0n) is 15.2. The Morgan fingerprint density at radius 1 is 0.759 bits per heavy atom. The molecule has 0 unspecified atom stereocenters. The monoisotopic (exact) mass is 507 g/mol. The molecule has 2 amide bonds. The third-order valence-electron chi connectivity index (χ3n) is 6.61. The maximum atomic E-state index is 13.8. The molecule has 2 bridgehead atoms. The van der Waals surface area contributed by atoms with Gasteiger partial charge in [0.1, 0.15) is 0 Å². The van der Waals surface area contributed by atoms with E-state index in [0.29, 0.717) is 5.69 Å². The van der Waals surface area contributed by atoms with Gasteiger partial charge in [0.05, 0.1) is 21.8 Å². The summed E-state index contributed by atoms with van der Waals surface area (Å²) < 4.78 is 0.0360. The number of nitrogens with zero attached hydrogens (tertiary/aromatic N) is 1. The minimum atomic E-state index is -0.706. The van der Waals surface area contributed by atoms with E-state index < -0.39 is 16.2 Å². The lowest BCUT2D eigenvalue weighted by molar-refractivity contribution is -0.122. The van der Waals surface area contributed by atoms with Gasteiger partial charge in [-0.25, -0.2) is 4.90 Å². The van der Waals surface area contributed by atoms with Crippen LogP contribution in [0.2, 0.25) is 0 Å². The van der Waals surface area contributed by atoms with E-state index in [1.165, 1.54) is 4.90 Å². The highest BCUT2D eigenvalue weighted by Gasteiger charge is 2.67. The van der Waals surface area contributed by atoms with Crippen molar-refractivity contribution < 1.29 is 9.59 Å². The van der Waals surface area contributed by atoms with Gasteiger partial charge in [0.2, 0.25) is 11.8 Å². The van der Waals surface area contributed by atoms with Crippen molar-refractivity contribution in [2.75, 3.05) is 4.90 Å². The Morgan fingerprint density at radius 3 is 1.93 bits per heavy atom. The zero-order valence-corrected chi connectivity index (χ0v) is 18.4. The maximum Gasteiger partial charge on any atom is 0.239 e. The van der Waals surface area contributed by atoms with E-state index in [1.54, 1.807) is 0 Å². The summed E-state index contributed by atoms with van der Waals surface area (Å²) in [4.78, 5) is 28.9. The number of anilines is 1. The van der Waals surface area contributed by atoms with Gasteiger partial charge in [-0.1, -0.05) is 76.6 Å². The summed E-state index contributed by atoms with van der Waals surface area (Å²) in [6.07, 6.45) is 0.